The molecule has 1 fully saturated rings. The minimum Gasteiger partial charge on any atom is -0.463 e. The van der Waals surface area contributed by atoms with Crippen molar-refractivity contribution in [2.75, 3.05) is 13.2 Å². The quantitative estimate of drug-likeness (QED) is 0.357. The molecule has 7 heteroatoms. The number of hydrogen-bond acceptors (Lipinski definition) is 7. The van der Waals surface area contributed by atoms with Gasteiger partial charge in [-0.3, -0.25) is 4.79 Å². The van der Waals surface area contributed by atoms with Gasteiger partial charge in [-0.1, -0.05) is 45.4 Å². The standard InChI is InChI=1S/C18H34O7/c1-3-5-6-7-8-9-10-11-14(19)24-12-13-15(20)16(21)17(22)18(25-13)23-4-2/h13,15-18,20-22H,3-12H2,1-2H3/t13-,15+,16+,17-,18?/m1/s1. The second-order valence-corrected chi connectivity index (χ2v) is 6.52. The highest BCUT2D eigenvalue weighted by atomic mass is 16.7. The van der Waals surface area contributed by atoms with E-state index in [1.54, 1.807) is 6.92 Å². The average molecular weight is 362 g/mol. The number of carbonyl (C=O) groups excluding carboxylic acids is 1. The average Bonchev–Trinajstić information content (AvgIpc) is 2.60. The third-order valence-electron chi connectivity index (χ3n) is 4.39. The van der Waals surface area contributed by atoms with Gasteiger partial charge < -0.3 is 29.5 Å². The molecule has 0 radical (unpaired) electrons. The zero-order chi connectivity index (χ0) is 18.7. The molecule has 1 aliphatic rings. The summed E-state index contributed by atoms with van der Waals surface area (Å²) < 4.78 is 15.7. The Kier molecular flexibility index (Phi) is 11.2. The largest absolute Gasteiger partial charge is 0.463 e. The first kappa shape index (κ1) is 22.3. The van der Waals surface area contributed by atoms with Crippen LogP contribution >= 0.6 is 0 Å². The molecule has 0 saturated carbocycles. The molecular formula is C18H34O7. The van der Waals surface area contributed by atoms with Crippen LogP contribution in [0.5, 0.6) is 0 Å². The smallest absolute Gasteiger partial charge is 0.305 e. The van der Waals surface area contributed by atoms with Crippen LogP contribution in [0.2, 0.25) is 0 Å². The lowest BCUT2D eigenvalue weighted by Gasteiger charge is -2.39. The molecule has 0 aromatic rings. The van der Waals surface area contributed by atoms with E-state index in [0.717, 1.165) is 19.3 Å². The van der Waals surface area contributed by atoms with Crippen LogP contribution in [0.4, 0.5) is 0 Å². The first-order valence-electron chi connectivity index (χ1n) is 9.48. The summed E-state index contributed by atoms with van der Waals surface area (Å²) in [6.45, 7) is 4.02. The van der Waals surface area contributed by atoms with Gasteiger partial charge in [-0.15, -0.1) is 0 Å². The van der Waals surface area contributed by atoms with E-state index in [-0.39, 0.29) is 19.2 Å². The summed E-state index contributed by atoms with van der Waals surface area (Å²) in [5.41, 5.74) is 0. The van der Waals surface area contributed by atoms with Crippen LogP contribution in [0.3, 0.4) is 0 Å². The maximum atomic E-state index is 11.8. The molecule has 0 amide bonds. The summed E-state index contributed by atoms with van der Waals surface area (Å²) in [7, 11) is 0. The van der Waals surface area contributed by atoms with Gasteiger partial charge >= 0.3 is 5.97 Å². The van der Waals surface area contributed by atoms with Crippen LogP contribution in [0.15, 0.2) is 0 Å². The van der Waals surface area contributed by atoms with Crippen molar-refractivity contribution in [3.63, 3.8) is 0 Å². The molecule has 1 unspecified atom stereocenters. The van der Waals surface area contributed by atoms with E-state index in [1.165, 1.54) is 25.7 Å². The molecule has 1 saturated heterocycles. The second-order valence-electron chi connectivity index (χ2n) is 6.52. The Hall–Kier alpha value is -0.730. The molecule has 1 heterocycles. The van der Waals surface area contributed by atoms with Gasteiger partial charge in [-0.25, -0.2) is 0 Å². The van der Waals surface area contributed by atoms with Crippen molar-refractivity contribution in [3.8, 4) is 0 Å². The highest BCUT2D eigenvalue weighted by molar-refractivity contribution is 5.69. The summed E-state index contributed by atoms with van der Waals surface area (Å²) in [5, 5.41) is 29.6. The summed E-state index contributed by atoms with van der Waals surface area (Å²) in [6.07, 6.45) is 2.10. The van der Waals surface area contributed by atoms with Crippen LogP contribution in [-0.4, -0.2) is 65.2 Å². The fraction of sp³-hybridized carbons (Fsp3) is 0.944. The molecule has 7 nitrogen and oxygen atoms in total. The topological polar surface area (TPSA) is 105 Å². The number of aliphatic hydroxyl groups excluding tert-OH is 3. The second kappa shape index (κ2) is 12.6. The Morgan fingerprint density at radius 1 is 0.920 bits per heavy atom. The normalized spacial score (nSPS) is 29.6. The molecule has 0 spiro atoms. The summed E-state index contributed by atoms with van der Waals surface area (Å²) >= 11 is 0. The molecule has 5 atom stereocenters. The Morgan fingerprint density at radius 2 is 1.56 bits per heavy atom. The SMILES string of the molecule is CCCCCCCCCC(=O)OC[C@H]1OC(OCC)[C@H](O)[C@@H](O)[C@H]1O. The van der Waals surface area contributed by atoms with Crippen LogP contribution in [0.25, 0.3) is 0 Å². The number of unbranched alkanes of at least 4 members (excludes halogenated alkanes) is 6. The van der Waals surface area contributed by atoms with Gasteiger partial charge in [-0.05, 0) is 13.3 Å². The number of aliphatic hydroxyl groups is 3. The van der Waals surface area contributed by atoms with Crippen molar-refractivity contribution in [2.24, 2.45) is 0 Å². The highest BCUT2D eigenvalue weighted by Gasteiger charge is 2.44. The van der Waals surface area contributed by atoms with Crippen molar-refractivity contribution >= 4 is 5.97 Å². The third-order valence-corrected chi connectivity index (χ3v) is 4.39. The maximum Gasteiger partial charge on any atom is 0.305 e. The van der Waals surface area contributed by atoms with E-state index < -0.39 is 30.7 Å². The zero-order valence-corrected chi connectivity index (χ0v) is 15.4. The number of ether oxygens (including phenoxy) is 3. The lowest BCUT2D eigenvalue weighted by atomic mass is 9.99. The fourth-order valence-corrected chi connectivity index (χ4v) is 2.83. The minimum atomic E-state index is -1.41. The number of esters is 1. The van der Waals surface area contributed by atoms with Gasteiger partial charge in [0.1, 0.15) is 31.0 Å². The molecule has 148 valence electrons. The van der Waals surface area contributed by atoms with Crippen molar-refractivity contribution in [1.82, 2.24) is 0 Å². The van der Waals surface area contributed by atoms with E-state index in [4.69, 9.17) is 14.2 Å². The lowest BCUT2D eigenvalue weighted by molar-refractivity contribution is -0.300. The van der Waals surface area contributed by atoms with Gasteiger partial charge in [0, 0.05) is 13.0 Å². The highest BCUT2D eigenvalue weighted by Crippen LogP contribution is 2.22. The van der Waals surface area contributed by atoms with Crippen molar-refractivity contribution < 1.29 is 34.3 Å². The molecule has 1 aliphatic heterocycles. The summed E-state index contributed by atoms with van der Waals surface area (Å²) in [5.74, 6) is -0.349. The first-order chi connectivity index (χ1) is 12.0. The van der Waals surface area contributed by atoms with Crippen LogP contribution in [-0.2, 0) is 19.0 Å². The van der Waals surface area contributed by atoms with E-state index in [1.807, 2.05) is 0 Å². The fourth-order valence-electron chi connectivity index (χ4n) is 2.83. The Balaban J connectivity index is 2.23. The predicted molar refractivity (Wildman–Crippen MR) is 91.9 cm³/mol. The Morgan fingerprint density at radius 3 is 2.20 bits per heavy atom. The minimum absolute atomic E-state index is 0.177. The summed E-state index contributed by atoms with van der Waals surface area (Å²) in [4.78, 5) is 11.8. The van der Waals surface area contributed by atoms with Gasteiger partial charge in [0.15, 0.2) is 6.29 Å². The zero-order valence-electron chi connectivity index (χ0n) is 15.4. The lowest BCUT2D eigenvalue weighted by Crippen LogP contribution is -2.59. The van der Waals surface area contributed by atoms with Gasteiger partial charge in [0.2, 0.25) is 0 Å². The first-order valence-corrected chi connectivity index (χ1v) is 9.48. The number of rotatable bonds is 12. The molecule has 25 heavy (non-hydrogen) atoms. The predicted octanol–water partition coefficient (Wildman–Crippen LogP) is 1.51. The molecule has 0 aromatic heterocycles. The molecule has 0 aromatic carbocycles. The van der Waals surface area contributed by atoms with Crippen LogP contribution in [0, 0.1) is 0 Å². The molecule has 0 aliphatic carbocycles. The third kappa shape index (κ3) is 8.00. The molecule has 1 rings (SSSR count). The van der Waals surface area contributed by atoms with Crippen molar-refractivity contribution in [3.05, 3.63) is 0 Å². The van der Waals surface area contributed by atoms with Crippen LogP contribution < -0.4 is 0 Å². The van der Waals surface area contributed by atoms with Gasteiger partial charge in [0.05, 0.1) is 0 Å². The molecular weight excluding hydrogens is 328 g/mol. The summed E-state index contributed by atoms with van der Waals surface area (Å²) in [6, 6.07) is 0. The molecule has 0 bridgehead atoms. The van der Waals surface area contributed by atoms with Gasteiger partial charge in [0.25, 0.3) is 0 Å². The van der Waals surface area contributed by atoms with Gasteiger partial charge in [-0.2, -0.15) is 0 Å². The Labute approximate surface area is 150 Å². The Bertz CT molecular complexity index is 363. The van der Waals surface area contributed by atoms with E-state index in [9.17, 15) is 20.1 Å². The van der Waals surface area contributed by atoms with Crippen LogP contribution in [0.1, 0.15) is 65.2 Å². The van der Waals surface area contributed by atoms with Crippen molar-refractivity contribution in [1.29, 1.82) is 0 Å². The van der Waals surface area contributed by atoms with E-state index in [2.05, 4.69) is 6.92 Å². The molecule has 3 N–H and O–H groups in total. The maximum absolute atomic E-state index is 11.8. The number of carbonyl (C=O) groups is 1. The monoisotopic (exact) mass is 362 g/mol. The van der Waals surface area contributed by atoms with E-state index >= 15 is 0 Å². The van der Waals surface area contributed by atoms with E-state index in [0.29, 0.717) is 6.42 Å². The van der Waals surface area contributed by atoms with Crippen molar-refractivity contribution in [2.45, 2.75) is 95.9 Å². The number of hydrogen-bond donors (Lipinski definition) is 3.